The Labute approximate surface area is 168 Å². The zero-order valence-electron chi connectivity index (χ0n) is 17.3. The molecular formula is C22H34N4O2. The number of amides is 2. The van der Waals surface area contributed by atoms with Crippen molar-refractivity contribution in [3.8, 4) is 0 Å². The van der Waals surface area contributed by atoms with Crippen LogP contribution in [0.15, 0.2) is 24.3 Å². The Balaban J connectivity index is 1.29. The molecule has 2 fully saturated rings. The fraction of sp³-hybridized carbons (Fsp3) is 0.636. The van der Waals surface area contributed by atoms with Crippen molar-refractivity contribution in [1.29, 1.82) is 0 Å². The lowest BCUT2D eigenvalue weighted by molar-refractivity contribution is -0.136. The Hall–Kier alpha value is -2.08. The van der Waals surface area contributed by atoms with E-state index in [0.717, 1.165) is 58.4 Å². The topological polar surface area (TPSA) is 55.9 Å². The van der Waals surface area contributed by atoms with E-state index in [0.29, 0.717) is 13.1 Å². The van der Waals surface area contributed by atoms with Crippen LogP contribution >= 0.6 is 0 Å². The van der Waals surface area contributed by atoms with Gasteiger partial charge in [-0.3, -0.25) is 14.5 Å². The zero-order chi connectivity index (χ0) is 19.9. The predicted octanol–water partition coefficient (Wildman–Crippen LogP) is 2.02. The number of benzene rings is 1. The molecule has 0 saturated carbocycles. The standard InChI is InChI=1S/C22H34N4O2/c1-18-7-5-8-20(17-18)25-15-13-24(14-16-25)11-4-3-10-23-22(28)21-9-6-12-26(21)19(2)27/h5,7-8,17,21H,3-4,6,9-16H2,1-2H3,(H,23,28). The monoisotopic (exact) mass is 386 g/mol. The molecule has 1 unspecified atom stereocenters. The maximum absolute atomic E-state index is 12.3. The van der Waals surface area contributed by atoms with Gasteiger partial charge in [-0.05, 0) is 56.8 Å². The summed E-state index contributed by atoms with van der Waals surface area (Å²) in [6.45, 7) is 10.5. The molecule has 0 aliphatic carbocycles. The number of nitrogens with one attached hydrogen (secondary N) is 1. The first-order valence-corrected chi connectivity index (χ1v) is 10.6. The molecule has 0 spiro atoms. The second-order valence-electron chi connectivity index (χ2n) is 8.04. The molecule has 2 amide bonds. The van der Waals surface area contributed by atoms with Gasteiger partial charge in [-0.2, -0.15) is 0 Å². The van der Waals surface area contributed by atoms with Crippen molar-refractivity contribution >= 4 is 17.5 Å². The number of aryl methyl sites for hydroxylation is 1. The third kappa shape index (κ3) is 5.47. The van der Waals surface area contributed by atoms with Crippen LogP contribution in [-0.4, -0.2) is 73.5 Å². The second kappa shape index (κ2) is 9.92. The maximum Gasteiger partial charge on any atom is 0.242 e. The predicted molar refractivity (Wildman–Crippen MR) is 112 cm³/mol. The smallest absolute Gasteiger partial charge is 0.242 e. The number of likely N-dealkylation sites (tertiary alicyclic amines) is 1. The average molecular weight is 387 g/mol. The van der Waals surface area contributed by atoms with E-state index in [1.54, 1.807) is 11.8 Å². The maximum atomic E-state index is 12.3. The molecule has 2 aliphatic rings. The molecule has 6 nitrogen and oxygen atoms in total. The number of hydrogen-bond acceptors (Lipinski definition) is 4. The summed E-state index contributed by atoms with van der Waals surface area (Å²) in [4.78, 5) is 30.6. The number of carbonyl (C=O) groups is 2. The molecule has 1 aromatic rings. The molecule has 28 heavy (non-hydrogen) atoms. The van der Waals surface area contributed by atoms with E-state index in [9.17, 15) is 9.59 Å². The first-order valence-electron chi connectivity index (χ1n) is 10.6. The highest BCUT2D eigenvalue weighted by Crippen LogP contribution is 2.18. The fourth-order valence-electron chi connectivity index (χ4n) is 4.26. The van der Waals surface area contributed by atoms with E-state index in [-0.39, 0.29) is 17.9 Å². The van der Waals surface area contributed by atoms with Crippen LogP contribution in [-0.2, 0) is 9.59 Å². The highest BCUT2D eigenvalue weighted by atomic mass is 16.2. The normalized spacial score (nSPS) is 20.4. The van der Waals surface area contributed by atoms with E-state index in [1.807, 2.05) is 0 Å². The van der Waals surface area contributed by atoms with Crippen LogP contribution in [0.5, 0.6) is 0 Å². The average Bonchev–Trinajstić information content (AvgIpc) is 3.18. The minimum Gasteiger partial charge on any atom is -0.369 e. The Morgan fingerprint density at radius 2 is 1.89 bits per heavy atom. The molecule has 1 aromatic carbocycles. The quantitative estimate of drug-likeness (QED) is 0.729. The molecule has 2 saturated heterocycles. The first kappa shape index (κ1) is 20.6. The number of rotatable bonds is 7. The van der Waals surface area contributed by atoms with Crippen molar-refractivity contribution in [1.82, 2.24) is 15.1 Å². The molecule has 0 bridgehead atoms. The summed E-state index contributed by atoms with van der Waals surface area (Å²) in [5, 5.41) is 3.02. The van der Waals surface area contributed by atoms with Gasteiger partial charge in [0.15, 0.2) is 0 Å². The lowest BCUT2D eigenvalue weighted by atomic mass is 10.2. The molecule has 2 aliphatic heterocycles. The van der Waals surface area contributed by atoms with Gasteiger partial charge in [-0.25, -0.2) is 0 Å². The molecule has 0 aromatic heterocycles. The largest absolute Gasteiger partial charge is 0.369 e. The van der Waals surface area contributed by atoms with Crippen molar-refractivity contribution in [2.24, 2.45) is 0 Å². The van der Waals surface area contributed by atoms with Crippen molar-refractivity contribution in [2.45, 2.75) is 45.6 Å². The minimum atomic E-state index is -0.257. The Bertz CT molecular complexity index is 670. The Morgan fingerprint density at radius 1 is 1.11 bits per heavy atom. The van der Waals surface area contributed by atoms with Crippen LogP contribution in [0.4, 0.5) is 5.69 Å². The lowest BCUT2D eigenvalue weighted by Gasteiger charge is -2.36. The summed E-state index contributed by atoms with van der Waals surface area (Å²) in [6, 6.07) is 8.47. The highest BCUT2D eigenvalue weighted by molar-refractivity contribution is 5.87. The van der Waals surface area contributed by atoms with Gasteiger partial charge in [0.25, 0.3) is 0 Å². The fourth-order valence-corrected chi connectivity index (χ4v) is 4.26. The summed E-state index contributed by atoms with van der Waals surface area (Å²) >= 11 is 0. The van der Waals surface area contributed by atoms with E-state index >= 15 is 0 Å². The van der Waals surface area contributed by atoms with Gasteiger partial charge in [0.1, 0.15) is 6.04 Å². The van der Waals surface area contributed by atoms with Crippen LogP contribution in [0.2, 0.25) is 0 Å². The zero-order valence-corrected chi connectivity index (χ0v) is 17.3. The van der Waals surface area contributed by atoms with Gasteiger partial charge < -0.3 is 15.1 Å². The number of anilines is 1. The molecule has 154 valence electrons. The van der Waals surface area contributed by atoms with Gasteiger partial charge in [0.05, 0.1) is 0 Å². The Morgan fingerprint density at radius 3 is 2.61 bits per heavy atom. The summed E-state index contributed by atoms with van der Waals surface area (Å²) in [5.41, 5.74) is 2.64. The van der Waals surface area contributed by atoms with Crippen LogP contribution in [0.3, 0.4) is 0 Å². The molecule has 3 rings (SSSR count). The number of piperazine rings is 1. The molecular weight excluding hydrogens is 352 g/mol. The second-order valence-corrected chi connectivity index (χ2v) is 8.04. The van der Waals surface area contributed by atoms with Gasteiger partial charge >= 0.3 is 0 Å². The summed E-state index contributed by atoms with van der Waals surface area (Å²) in [7, 11) is 0. The van der Waals surface area contributed by atoms with Gasteiger partial charge in [0.2, 0.25) is 11.8 Å². The molecule has 6 heteroatoms. The van der Waals surface area contributed by atoms with Crippen LogP contribution in [0.25, 0.3) is 0 Å². The summed E-state index contributed by atoms with van der Waals surface area (Å²) in [6.07, 6.45) is 3.78. The van der Waals surface area contributed by atoms with E-state index < -0.39 is 0 Å². The van der Waals surface area contributed by atoms with Crippen molar-refractivity contribution in [3.63, 3.8) is 0 Å². The van der Waals surface area contributed by atoms with E-state index in [1.165, 1.54) is 11.3 Å². The van der Waals surface area contributed by atoms with Crippen LogP contribution < -0.4 is 10.2 Å². The molecule has 1 N–H and O–H groups in total. The molecule has 0 radical (unpaired) electrons. The number of hydrogen-bond donors (Lipinski definition) is 1. The molecule has 2 heterocycles. The molecule has 1 atom stereocenters. The third-order valence-corrected chi connectivity index (χ3v) is 5.90. The third-order valence-electron chi connectivity index (χ3n) is 5.90. The van der Waals surface area contributed by atoms with Crippen LogP contribution in [0.1, 0.15) is 38.2 Å². The van der Waals surface area contributed by atoms with Crippen LogP contribution in [0, 0.1) is 6.92 Å². The number of nitrogens with zero attached hydrogens (tertiary/aromatic N) is 3. The summed E-state index contributed by atoms with van der Waals surface area (Å²) in [5.74, 6) is 0.0157. The SMILES string of the molecule is CC(=O)N1CCCC1C(=O)NCCCCN1CCN(c2cccc(C)c2)CC1. The summed E-state index contributed by atoms with van der Waals surface area (Å²) < 4.78 is 0. The van der Waals surface area contributed by atoms with Crippen molar-refractivity contribution < 1.29 is 9.59 Å². The minimum absolute atomic E-state index is 0.00227. The highest BCUT2D eigenvalue weighted by Gasteiger charge is 2.31. The lowest BCUT2D eigenvalue weighted by Crippen LogP contribution is -2.47. The van der Waals surface area contributed by atoms with Crippen molar-refractivity contribution in [3.05, 3.63) is 29.8 Å². The van der Waals surface area contributed by atoms with Gasteiger partial charge in [-0.15, -0.1) is 0 Å². The van der Waals surface area contributed by atoms with Gasteiger partial charge in [-0.1, -0.05) is 12.1 Å². The Kier molecular flexibility index (Phi) is 7.31. The first-order chi connectivity index (χ1) is 13.5. The van der Waals surface area contributed by atoms with E-state index in [4.69, 9.17) is 0 Å². The number of unbranched alkanes of at least 4 members (excludes halogenated alkanes) is 1. The number of carbonyl (C=O) groups excluding carboxylic acids is 2. The van der Waals surface area contributed by atoms with E-state index in [2.05, 4.69) is 46.3 Å². The van der Waals surface area contributed by atoms with Gasteiger partial charge in [0, 0.05) is 51.9 Å². The van der Waals surface area contributed by atoms with Crippen molar-refractivity contribution in [2.75, 3.05) is 50.7 Å².